The van der Waals surface area contributed by atoms with Crippen molar-refractivity contribution in [2.24, 2.45) is 0 Å². The number of nitrogens with zero attached hydrogens (tertiary/aromatic N) is 6. The molecule has 0 bridgehead atoms. The van der Waals surface area contributed by atoms with E-state index in [1.807, 2.05) is 12.3 Å². The Bertz CT molecular complexity index is 1320. The zero-order chi connectivity index (χ0) is 23.8. The number of carbonyl (C=O) groups excluding carboxylic acids is 2. The topological polar surface area (TPSA) is 126 Å². The van der Waals surface area contributed by atoms with Crippen molar-refractivity contribution in [2.75, 3.05) is 36.2 Å². The van der Waals surface area contributed by atoms with Crippen molar-refractivity contribution in [3.8, 4) is 11.5 Å². The van der Waals surface area contributed by atoms with Gasteiger partial charge in [-0.25, -0.2) is 14.8 Å². The number of amides is 2. The fourth-order valence-electron chi connectivity index (χ4n) is 4.34. The maximum Gasteiger partial charge on any atom is 0.437 e. The molecule has 4 heterocycles. The molecule has 1 atom stereocenters. The van der Waals surface area contributed by atoms with E-state index in [-0.39, 0.29) is 30.3 Å². The molecule has 1 unspecified atom stereocenters. The number of fused-ring (bicyclic) bond motifs is 3. The first-order valence-corrected chi connectivity index (χ1v) is 12.1. The average molecular weight is 482 g/mol. The number of thioether (sulfide) groups is 1. The summed E-state index contributed by atoms with van der Waals surface area (Å²) in [4.78, 5) is 50.3. The van der Waals surface area contributed by atoms with Gasteiger partial charge in [-0.2, -0.15) is 4.68 Å². The Morgan fingerprint density at radius 2 is 2.18 bits per heavy atom. The first-order valence-electron chi connectivity index (χ1n) is 10.9. The van der Waals surface area contributed by atoms with Crippen LogP contribution in [0, 0.1) is 0 Å². The number of likely N-dealkylation sites (N-methyl/N-ethyl adjacent to an activating group) is 1. The second-order valence-corrected chi connectivity index (χ2v) is 8.83. The molecule has 0 saturated carbocycles. The molecule has 5 rings (SSSR count). The lowest BCUT2D eigenvalue weighted by Gasteiger charge is -2.27. The summed E-state index contributed by atoms with van der Waals surface area (Å²) < 4.78 is 6.24. The summed E-state index contributed by atoms with van der Waals surface area (Å²) in [6.07, 6.45) is 5.50. The highest BCUT2D eigenvalue weighted by Gasteiger charge is 2.37. The molecular weight excluding hydrogens is 458 g/mol. The van der Waals surface area contributed by atoms with Gasteiger partial charge in [-0.05, 0) is 37.3 Å². The van der Waals surface area contributed by atoms with E-state index in [0.29, 0.717) is 34.3 Å². The van der Waals surface area contributed by atoms with Crippen molar-refractivity contribution in [1.82, 2.24) is 25.1 Å². The van der Waals surface area contributed by atoms with Crippen molar-refractivity contribution in [3.05, 3.63) is 46.6 Å². The van der Waals surface area contributed by atoms with E-state index in [1.54, 1.807) is 29.3 Å². The first kappa shape index (κ1) is 22.1. The molecule has 3 aromatic rings. The predicted octanol–water partition coefficient (Wildman–Crippen LogP) is 1.39. The van der Waals surface area contributed by atoms with Crippen molar-refractivity contribution in [3.63, 3.8) is 0 Å². The fourth-order valence-corrected chi connectivity index (χ4v) is 4.67. The Labute approximate surface area is 199 Å². The molecule has 1 saturated heterocycles. The van der Waals surface area contributed by atoms with E-state index in [4.69, 9.17) is 4.42 Å². The molecule has 34 heavy (non-hydrogen) atoms. The van der Waals surface area contributed by atoms with E-state index in [0.717, 1.165) is 24.1 Å². The number of aromatic nitrogens is 4. The first-order chi connectivity index (χ1) is 16.5. The van der Waals surface area contributed by atoms with Gasteiger partial charge in [0.25, 0.3) is 5.91 Å². The maximum absolute atomic E-state index is 13.6. The highest BCUT2D eigenvalue weighted by Crippen LogP contribution is 2.35. The van der Waals surface area contributed by atoms with Gasteiger partial charge in [0.05, 0.1) is 0 Å². The molecule has 2 aliphatic rings. The molecule has 176 valence electrons. The van der Waals surface area contributed by atoms with Crippen LogP contribution in [0.3, 0.4) is 0 Å². The van der Waals surface area contributed by atoms with Crippen LogP contribution in [0.25, 0.3) is 11.5 Å². The molecular formula is C22H23N7O4S. The highest BCUT2D eigenvalue weighted by molar-refractivity contribution is 7.98. The number of anilines is 2. The van der Waals surface area contributed by atoms with Crippen molar-refractivity contribution in [1.29, 1.82) is 0 Å². The van der Waals surface area contributed by atoms with Gasteiger partial charge in [0.2, 0.25) is 11.8 Å². The van der Waals surface area contributed by atoms with Crippen molar-refractivity contribution in [2.45, 2.75) is 30.6 Å². The summed E-state index contributed by atoms with van der Waals surface area (Å²) in [6.45, 7) is 1.11. The Kier molecular flexibility index (Phi) is 5.82. The third kappa shape index (κ3) is 3.94. The third-order valence-corrected chi connectivity index (χ3v) is 6.59. The third-order valence-electron chi connectivity index (χ3n) is 6.03. The predicted molar refractivity (Wildman–Crippen MR) is 126 cm³/mol. The summed E-state index contributed by atoms with van der Waals surface area (Å²) in [5.41, 5.74) is 1.65. The standard InChI is InChI=1S/C22H23N7O4S/c1-23-17(30)12-29-22(32)33-19(26-29)13-5-3-6-14(9-13)28-11-15-7-4-8-27(15)18-16(20(28)31)10-24-21(25-18)34-2/h3,5-6,9-10,15H,4,7-8,11-12H2,1-2H3,(H,23,30). The number of benzene rings is 1. The summed E-state index contributed by atoms with van der Waals surface area (Å²) in [5.74, 6) is -0.510. The number of hydrogen-bond acceptors (Lipinski definition) is 9. The number of carbonyl (C=O) groups is 2. The number of hydrogen-bond donors (Lipinski definition) is 1. The van der Waals surface area contributed by atoms with Crippen LogP contribution in [0.15, 0.2) is 44.8 Å². The Morgan fingerprint density at radius 3 is 2.97 bits per heavy atom. The van der Waals surface area contributed by atoms with Crippen LogP contribution in [0.1, 0.15) is 23.2 Å². The van der Waals surface area contributed by atoms with E-state index in [9.17, 15) is 14.4 Å². The quantitative estimate of drug-likeness (QED) is 0.425. The lowest BCUT2D eigenvalue weighted by Crippen LogP contribution is -2.39. The smallest absolute Gasteiger partial charge is 0.388 e. The molecule has 12 heteroatoms. The molecule has 11 nitrogen and oxygen atoms in total. The normalized spacial score (nSPS) is 17.4. The van der Waals surface area contributed by atoms with E-state index in [1.165, 1.54) is 18.8 Å². The van der Waals surface area contributed by atoms with Crippen LogP contribution in [0.5, 0.6) is 0 Å². The summed E-state index contributed by atoms with van der Waals surface area (Å²) >= 11 is 1.44. The van der Waals surface area contributed by atoms with Crippen molar-refractivity contribution >= 4 is 35.1 Å². The van der Waals surface area contributed by atoms with Crippen LogP contribution in [0.4, 0.5) is 11.5 Å². The Hall–Kier alpha value is -3.67. The molecule has 0 aliphatic carbocycles. The molecule has 2 aromatic heterocycles. The van der Waals surface area contributed by atoms with Crippen molar-refractivity contribution < 1.29 is 14.0 Å². The van der Waals surface area contributed by atoms with Gasteiger partial charge >= 0.3 is 5.76 Å². The van der Waals surface area contributed by atoms with E-state index in [2.05, 4.69) is 25.3 Å². The minimum absolute atomic E-state index is 0.0777. The van der Waals surface area contributed by atoms with Gasteiger partial charge in [-0.3, -0.25) is 9.59 Å². The fraction of sp³-hybridized carbons (Fsp3) is 0.364. The monoisotopic (exact) mass is 481 g/mol. The van der Waals surface area contributed by atoms with Crippen LogP contribution < -0.4 is 20.9 Å². The Balaban J connectivity index is 1.51. The lowest BCUT2D eigenvalue weighted by atomic mass is 10.1. The van der Waals surface area contributed by atoms with Gasteiger partial charge in [0.15, 0.2) is 5.16 Å². The minimum atomic E-state index is -0.730. The summed E-state index contributed by atoms with van der Waals surface area (Å²) in [6, 6.07) is 7.26. The highest BCUT2D eigenvalue weighted by atomic mass is 32.2. The second-order valence-electron chi connectivity index (χ2n) is 8.05. The molecule has 0 radical (unpaired) electrons. The van der Waals surface area contributed by atoms with Crippen LogP contribution in [-0.2, 0) is 11.3 Å². The van der Waals surface area contributed by atoms with Gasteiger partial charge in [0, 0.05) is 43.6 Å². The summed E-state index contributed by atoms with van der Waals surface area (Å²) in [5, 5.41) is 7.22. The largest absolute Gasteiger partial charge is 0.437 e. The average Bonchev–Trinajstić information content (AvgIpc) is 3.45. The SMILES string of the molecule is CNC(=O)Cn1nc(-c2cccc(N3CC4CCCN4c4nc(SC)ncc4C3=O)c2)oc1=O. The van der Waals surface area contributed by atoms with E-state index >= 15 is 0 Å². The molecule has 1 fully saturated rings. The molecule has 2 aliphatic heterocycles. The zero-order valence-corrected chi connectivity index (χ0v) is 19.5. The maximum atomic E-state index is 13.6. The van der Waals surface area contributed by atoms with Gasteiger partial charge in [-0.1, -0.05) is 17.8 Å². The number of nitrogens with one attached hydrogen (secondary N) is 1. The Morgan fingerprint density at radius 1 is 1.32 bits per heavy atom. The summed E-state index contributed by atoms with van der Waals surface area (Å²) in [7, 11) is 1.48. The van der Waals surface area contributed by atoms with E-state index < -0.39 is 5.76 Å². The lowest BCUT2D eigenvalue weighted by molar-refractivity contribution is -0.121. The minimum Gasteiger partial charge on any atom is -0.388 e. The van der Waals surface area contributed by atoms with Gasteiger partial charge in [0.1, 0.15) is 17.9 Å². The van der Waals surface area contributed by atoms with Crippen LogP contribution in [-0.4, -0.2) is 64.0 Å². The molecule has 0 spiro atoms. The molecule has 1 N–H and O–H groups in total. The second kappa shape index (κ2) is 8.93. The number of rotatable bonds is 5. The molecule has 2 amide bonds. The molecule has 1 aromatic carbocycles. The van der Waals surface area contributed by atoms with Gasteiger partial charge < -0.3 is 19.5 Å². The van der Waals surface area contributed by atoms with Crippen LogP contribution >= 0.6 is 11.8 Å². The van der Waals surface area contributed by atoms with Crippen LogP contribution in [0.2, 0.25) is 0 Å². The zero-order valence-electron chi connectivity index (χ0n) is 18.7. The van der Waals surface area contributed by atoms with Gasteiger partial charge in [-0.15, -0.1) is 5.10 Å².